The number of carbonyl (C=O) groups is 1. The monoisotopic (exact) mass is 474 g/mol. The van der Waals surface area contributed by atoms with Crippen LogP contribution in [0.4, 0.5) is 10.5 Å². The summed E-state index contributed by atoms with van der Waals surface area (Å²) in [5.74, 6) is 0. The number of carbonyl (C=O) groups excluding carboxylic acids is 1. The van der Waals surface area contributed by atoms with Crippen LogP contribution in [-0.4, -0.2) is 54.4 Å². The average molecular weight is 475 g/mol. The minimum atomic E-state index is -3.65. The second-order valence-corrected chi connectivity index (χ2v) is 10.3. The van der Waals surface area contributed by atoms with Crippen LogP contribution in [0.25, 0.3) is 10.9 Å². The summed E-state index contributed by atoms with van der Waals surface area (Å²) in [7, 11) is -3.65. The molecule has 32 heavy (non-hydrogen) atoms. The van der Waals surface area contributed by atoms with Crippen LogP contribution in [0.3, 0.4) is 0 Å². The molecule has 0 unspecified atom stereocenters. The standard InChI is InChI=1S/C23H27ClN4O3S/c1-3-26-12-9-18-16-19(6-8-22(18)26)32(30,31)28-11-4-10-27(13-14-28)23(29)25-21-7-5-17(2)15-20(21)24/h5-9,12,15-16H,3-4,10-11,13-14H2,1-2H3,(H,25,29). The Morgan fingerprint density at radius 1 is 1.06 bits per heavy atom. The molecule has 1 fully saturated rings. The van der Waals surface area contributed by atoms with Gasteiger partial charge in [0, 0.05) is 49.8 Å². The van der Waals surface area contributed by atoms with Gasteiger partial charge in [0.15, 0.2) is 0 Å². The molecule has 0 radical (unpaired) electrons. The zero-order valence-corrected chi connectivity index (χ0v) is 19.8. The Balaban J connectivity index is 1.46. The second-order valence-electron chi connectivity index (χ2n) is 7.98. The van der Waals surface area contributed by atoms with Crippen molar-refractivity contribution in [1.29, 1.82) is 0 Å². The molecular formula is C23H27ClN4O3S. The van der Waals surface area contributed by atoms with Crippen molar-refractivity contribution in [3.8, 4) is 0 Å². The molecule has 2 amide bonds. The number of benzene rings is 2. The van der Waals surface area contributed by atoms with E-state index in [0.717, 1.165) is 23.0 Å². The third-order valence-corrected chi connectivity index (χ3v) is 8.04. The Morgan fingerprint density at radius 2 is 1.88 bits per heavy atom. The number of fused-ring (bicyclic) bond motifs is 1. The van der Waals surface area contributed by atoms with Crippen LogP contribution in [-0.2, 0) is 16.6 Å². The maximum Gasteiger partial charge on any atom is 0.321 e. The zero-order chi connectivity index (χ0) is 22.9. The largest absolute Gasteiger partial charge is 0.348 e. The Labute approximate surface area is 193 Å². The van der Waals surface area contributed by atoms with E-state index in [9.17, 15) is 13.2 Å². The van der Waals surface area contributed by atoms with E-state index in [1.54, 1.807) is 29.2 Å². The van der Waals surface area contributed by atoms with Crippen molar-refractivity contribution in [2.45, 2.75) is 31.7 Å². The number of aryl methyl sites for hydroxylation is 2. The van der Waals surface area contributed by atoms with Gasteiger partial charge in [0.25, 0.3) is 0 Å². The van der Waals surface area contributed by atoms with Crippen LogP contribution in [0, 0.1) is 6.92 Å². The molecule has 1 N–H and O–H groups in total. The molecule has 1 aliphatic rings. The summed E-state index contributed by atoms with van der Waals surface area (Å²) in [5.41, 5.74) is 2.57. The van der Waals surface area contributed by atoms with E-state index in [1.807, 2.05) is 31.3 Å². The second kappa shape index (κ2) is 9.13. The molecule has 1 saturated heterocycles. The van der Waals surface area contributed by atoms with Gasteiger partial charge in [-0.25, -0.2) is 13.2 Å². The fourth-order valence-electron chi connectivity index (χ4n) is 4.02. The molecule has 0 aliphatic carbocycles. The minimum Gasteiger partial charge on any atom is -0.348 e. The lowest BCUT2D eigenvalue weighted by Crippen LogP contribution is -2.39. The average Bonchev–Trinajstić information content (AvgIpc) is 3.00. The van der Waals surface area contributed by atoms with E-state index in [0.29, 0.717) is 36.8 Å². The Kier molecular flexibility index (Phi) is 6.46. The van der Waals surface area contributed by atoms with Crippen LogP contribution in [0.15, 0.2) is 53.6 Å². The van der Waals surface area contributed by atoms with Gasteiger partial charge in [0.2, 0.25) is 10.0 Å². The number of rotatable bonds is 4. The summed E-state index contributed by atoms with van der Waals surface area (Å²) in [6.07, 6.45) is 2.52. The third kappa shape index (κ3) is 4.48. The molecule has 0 saturated carbocycles. The van der Waals surface area contributed by atoms with Crippen LogP contribution in [0.1, 0.15) is 18.9 Å². The van der Waals surface area contributed by atoms with Gasteiger partial charge in [-0.1, -0.05) is 17.7 Å². The number of halogens is 1. The highest BCUT2D eigenvalue weighted by Crippen LogP contribution is 2.25. The number of sulfonamides is 1. The number of nitrogens with zero attached hydrogens (tertiary/aromatic N) is 3. The van der Waals surface area contributed by atoms with Crippen LogP contribution >= 0.6 is 11.6 Å². The molecule has 2 heterocycles. The van der Waals surface area contributed by atoms with Crippen LogP contribution in [0.2, 0.25) is 5.02 Å². The number of hydrogen-bond acceptors (Lipinski definition) is 3. The lowest BCUT2D eigenvalue weighted by molar-refractivity contribution is 0.214. The third-order valence-electron chi connectivity index (χ3n) is 5.83. The number of amides is 2. The van der Waals surface area contributed by atoms with Crippen molar-refractivity contribution in [2.75, 3.05) is 31.5 Å². The first kappa shape index (κ1) is 22.6. The summed E-state index contributed by atoms with van der Waals surface area (Å²) in [6, 6.07) is 12.3. The van der Waals surface area contributed by atoms with Gasteiger partial charge in [-0.3, -0.25) is 0 Å². The molecule has 2 aromatic carbocycles. The summed E-state index contributed by atoms with van der Waals surface area (Å²) >= 11 is 6.23. The van der Waals surface area contributed by atoms with E-state index >= 15 is 0 Å². The van der Waals surface area contributed by atoms with Crippen molar-refractivity contribution in [3.05, 3.63) is 59.2 Å². The number of nitrogens with one attached hydrogen (secondary N) is 1. The Hall–Kier alpha value is -2.55. The topological polar surface area (TPSA) is 74.7 Å². The lowest BCUT2D eigenvalue weighted by Gasteiger charge is -2.22. The maximum absolute atomic E-state index is 13.3. The van der Waals surface area contributed by atoms with E-state index in [2.05, 4.69) is 16.8 Å². The fraction of sp³-hybridized carbons (Fsp3) is 0.348. The SMILES string of the molecule is CCn1ccc2cc(S(=O)(=O)N3CCCN(C(=O)Nc4ccc(C)cc4Cl)CC3)ccc21. The summed E-state index contributed by atoms with van der Waals surface area (Å²) < 4.78 is 30.1. The maximum atomic E-state index is 13.3. The molecule has 170 valence electrons. The van der Waals surface area contributed by atoms with Crippen molar-refractivity contribution in [2.24, 2.45) is 0 Å². The number of urea groups is 1. The fourth-order valence-corrected chi connectivity index (χ4v) is 5.80. The molecule has 3 aromatic rings. The van der Waals surface area contributed by atoms with Crippen molar-refractivity contribution >= 4 is 44.2 Å². The van der Waals surface area contributed by atoms with E-state index in [1.165, 1.54) is 4.31 Å². The molecule has 4 rings (SSSR count). The van der Waals surface area contributed by atoms with Crippen molar-refractivity contribution in [3.63, 3.8) is 0 Å². The smallest absolute Gasteiger partial charge is 0.321 e. The van der Waals surface area contributed by atoms with Crippen molar-refractivity contribution < 1.29 is 13.2 Å². The van der Waals surface area contributed by atoms with Crippen LogP contribution < -0.4 is 5.32 Å². The van der Waals surface area contributed by atoms with E-state index < -0.39 is 10.0 Å². The first-order valence-electron chi connectivity index (χ1n) is 10.7. The van der Waals surface area contributed by atoms with Gasteiger partial charge in [-0.15, -0.1) is 0 Å². The van der Waals surface area contributed by atoms with Gasteiger partial charge in [0.05, 0.1) is 15.6 Å². The first-order valence-corrected chi connectivity index (χ1v) is 12.5. The Bertz CT molecular complexity index is 1260. The summed E-state index contributed by atoms with van der Waals surface area (Å²) in [4.78, 5) is 14.7. The van der Waals surface area contributed by atoms with Gasteiger partial charge in [-0.2, -0.15) is 4.31 Å². The van der Waals surface area contributed by atoms with Gasteiger partial charge >= 0.3 is 6.03 Å². The highest BCUT2D eigenvalue weighted by molar-refractivity contribution is 7.89. The molecular weight excluding hydrogens is 448 g/mol. The van der Waals surface area contributed by atoms with Crippen molar-refractivity contribution in [1.82, 2.24) is 13.8 Å². The van der Waals surface area contributed by atoms with Crippen LogP contribution in [0.5, 0.6) is 0 Å². The van der Waals surface area contributed by atoms with E-state index in [-0.39, 0.29) is 17.5 Å². The minimum absolute atomic E-state index is 0.241. The molecule has 1 aromatic heterocycles. The number of aromatic nitrogens is 1. The molecule has 7 nitrogen and oxygen atoms in total. The normalized spacial score (nSPS) is 15.7. The van der Waals surface area contributed by atoms with Gasteiger partial charge < -0.3 is 14.8 Å². The predicted octanol–water partition coefficient (Wildman–Crippen LogP) is 4.55. The summed E-state index contributed by atoms with van der Waals surface area (Å²) in [5, 5.41) is 4.21. The number of hydrogen-bond donors (Lipinski definition) is 1. The Morgan fingerprint density at radius 3 is 2.62 bits per heavy atom. The lowest BCUT2D eigenvalue weighted by atomic mass is 10.2. The molecule has 0 bridgehead atoms. The first-order chi connectivity index (χ1) is 15.3. The molecule has 0 atom stereocenters. The molecule has 1 aliphatic heterocycles. The summed E-state index contributed by atoms with van der Waals surface area (Å²) in [6.45, 7) is 6.20. The molecule has 9 heteroatoms. The highest BCUT2D eigenvalue weighted by Gasteiger charge is 2.28. The number of anilines is 1. The quantitative estimate of drug-likeness (QED) is 0.602. The van der Waals surface area contributed by atoms with Gasteiger partial charge in [0.1, 0.15) is 0 Å². The van der Waals surface area contributed by atoms with Gasteiger partial charge in [-0.05, 0) is 62.2 Å². The predicted molar refractivity (Wildman–Crippen MR) is 128 cm³/mol. The molecule has 0 spiro atoms. The zero-order valence-electron chi connectivity index (χ0n) is 18.2. The van der Waals surface area contributed by atoms with E-state index in [4.69, 9.17) is 11.6 Å². The highest BCUT2D eigenvalue weighted by atomic mass is 35.5.